The second-order valence-corrected chi connectivity index (χ2v) is 5.21. The van der Waals surface area contributed by atoms with Crippen LogP contribution in [0.1, 0.15) is 11.3 Å². The third-order valence-electron chi connectivity index (χ3n) is 3.46. The molecule has 1 aromatic heterocycles. The molecule has 0 atom stereocenters. The van der Waals surface area contributed by atoms with E-state index in [1.165, 1.54) is 18.2 Å². The van der Waals surface area contributed by atoms with Crippen LogP contribution in [0, 0.1) is 12.7 Å². The summed E-state index contributed by atoms with van der Waals surface area (Å²) in [7, 11) is 0. The fraction of sp³-hybridized carbons (Fsp3) is 0.294. The molecule has 1 amide bonds. The van der Waals surface area contributed by atoms with Gasteiger partial charge in [0.15, 0.2) is 12.4 Å². The fourth-order valence-corrected chi connectivity index (χ4v) is 2.22. The van der Waals surface area contributed by atoms with E-state index in [0.29, 0.717) is 17.8 Å². The van der Waals surface area contributed by atoms with Crippen LogP contribution >= 0.6 is 0 Å². The molecule has 0 aliphatic heterocycles. The van der Waals surface area contributed by atoms with Crippen molar-refractivity contribution in [2.75, 3.05) is 13.2 Å². The Labute approximate surface area is 138 Å². The molecule has 0 radical (unpaired) electrons. The van der Waals surface area contributed by atoms with Gasteiger partial charge in [-0.1, -0.05) is 12.1 Å². The standard InChI is InChI=1S/C17H19FN2O4/c1-12-17(15(22)5-6-20(12)7-8-21)24-11-16(23)19-10-13-3-2-4-14(18)9-13/h2-6,9,21H,7-8,10-11H2,1H3,(H,19,23). The van der Waals surface area contributed by atoms with Crippen molar-refractivity contribution >= 4 is 5.91 Å². The third-order valence-corrected chi connectivity index (χ3v) is 3.46. The topological polar surface area (TPSA) is 80.6 Å². The van der Waals surface area contributed by atoms with Crippen LogP contribution in [0.4, 0.5) is 4.39 Å². The van der Waals surface area contributed by atoms with E-state index in [9.17, 15) is 14.0 Å². The van der Waals surface area contributed by atoms with Gasteiger partial charge in [0.25, 0.3) is 5.91 Å². The summed E-state index contributed by atoms with van der Waals surface area (Å²) in [6.45, 7) is 1.78. The molecule has 2 rings (SSSR count). The first-order valence-corrected chi connectivity index (χ1v) is 7.46. The van der Waals surface area contributed by atoms with Gasteiger partial charge >= 0.3 is 0 Å². The lowest BCUT2D eigenvalue weighted by molar-refractivity contribution is -0.123. The molecular weight excluding hydrogens is 315 g/mol. The van der Waals surface area contributed by atoms with Crippen molar-refractivity contribution in [1.82, 2.24) is 9.88 Å². The Morgan fingerprint density at radius 2 is 2.17 bits per heavy atom. The summed E-state index contributed by atoms with van der Waals surface area (Å²) in [6, 6.07) is 7.23. The van der Waals surface area contributed by atoms with Crippen molar-refractivity contribution in [3.8, 4) is 5.75 Å². The normalized spacial score (nSPS) is 10.5. The van der Waals surface area contributed by atoms with Gasteiger partial charge in [-0.05, 0) is 24.6 Å². The van der Waals surface area contributed by atoms with Crippen molar-refractivity contribution < 1.29 is 19.0 Å². The molecule has 0 saturated heterocycles. The van der Waals surface area contributed by atoms with Crippen LogP contribution in [0.3, 0.4) is 0 Å². The number of nitrogens with one attached hydrogen (secondary N) is 1. The van der Waals surface area contributed by atoms with E-state index in [1.807, 2.05) is 0 Å². The number of carbonyl (C=O) groups is 1. The molecule has 0 bridgehead atoms. The summed E-state index contributed by atoms with van der Waals surface area (Å²) in [5.41, 5.74) is 0.832. The van der Waals surface area contributed by atoms with Crippen LogP contribution in [-0.4, -0.2) is 28.8 Å². The number of carbonyl (C=O) groups excluding carboxylic acids is 1. The van der Waals surface area contributed by atoms with Crippen LogP contribution in [0.15, 0.2) is 41.3 Å². The zero-order valence-corrected chi connectivity index (χ0v) is 13.3. The molecule has 0 saturated carbocycles. The zero-order chi connectivity index (χ0) is 17.5. The average molecular weight is 334 g/mol. The molecule has 0 aliphatic rings. The Hall–Kier alpha value is -2.67. The van der Waals surface area contributed by atoms with Gasteiger partial charge in [-0.2, -0.15) is 0 Å². The van der Waals surface area contributed by atoms with Crippen molar-refractivity contribution in [2.24, 2.45) is 0 Å². The number of ether oxygens (including phenoxy) is 1. The minimum absolute atomic E-state index is 0.0722. The molecule has 2 N–H and O–H groups in total. The molecule has 6 nitrogen and oxygen atoms in total. The van der Waals surface area contributed by atoms with Gasteiger partial charge in [0.1, 0.15) is 5.82 Å². The van der Waals surface area contributed by atoms with E-state index in [4.69, 9.17) is 9.84 Å². The smallest absolute Gasteiger partial charge is 0.258 e. The van der Waals surface area contributed by atoms with Gasteiger partial charge in [-0.15, -0.1) is 0 Å². The third kappa shape index (κ3) is 4.66. The van der Waals surface area contributed by atoms with E-state index in [2.05, 4.69) is 5.32 Å². The van der Waals surface area contributed by atoms with E-state index in [1.54, 1.807) is 29.8 Å². The SMILES string of the molecule is Cc1c(OCC(=O)NCc2cccc(F)c2)c(=O)ccn1CCO. The molecule has 128 valence electrons. The fourth-order valence-electron chi connectivity index (χ4n) is 2.22. The highest BCUT2D eigenvalue weighted by Crippen LogP contribution is 2.11. The summed E-state index contributed by atoms with van der Waals surface area (Å²) in [5.74, 6) is -0.718. The number of amides is 1. The number of hydrogen-bond acceptors (Lipinski definition) is 4. The molecule has 0 spiro atoms. The first kappa shape index (κ1) is 17.7. The van der Waals surface area contributed by atoms with Gasteiger partial charge in [0, 0.05) is 25.4 Å². The number of aliphatic hydroxyl groups is 1. The number of aliphatic hydroxyl groups excluding tert-OH is 1. The predicted molar refractivity (Wildman–Crippen MR) is 86.3 cm³/mol. The van der Waals surface area contributed by atoms with Gasteiger partial charge in [-0.3, -0.25) is 9.59 Å². The van der Waals surface area contributed by atoms with Gasteiger partial charge in [0.05, 0.1) is 12.3 Å². The maximum Gasteiger partial charge on any atom is 0.258 e. The average Bonchev–Trinajstić information content (AvgIpc) is 2.55. The van der Waals surface area contributed by atoms with Crippen molar-refractivity contribution in [3.63, 3.8) is 0 Å². The molecule has 2 aromatic rings. The van der Waals surface area contributed by atoms with Crippen molar-refractivity contribution in [3.05, 3.63) is 63.8 Å². The summed E-state index contributed by atoms with van der Waals surface area (Å²) in [6.07, 6.45) is 1.56. The van der Waals surface area contributed by atoms with E-state index in [-0.39, 0.29) is 36.8 Å². The second kappa shape index (κ2) is 8.26. The Kier molecular flexibility index (Phi) is 6.08. The van der Waals surface area contributed by atoms with Crippen molar-refractivity contribution in [2.45, 2.75) is 20.0 Å². The minimum atomic E-state index is -0.421. The molecule has 0 unspecified atom stereocenters. The van der Waals surface area contributed by atoms with Gasteiger partial charge < -0.3 is 19.7 Å². The number of rotatable bonds is 7. The Balaban J connectivity index is 1.94. The first-order valence-electron chi connectivity index (χ1n) is 7.46. The lowest BCUT2D eigenvalue weighted by atomic mass is 10.2. The predicted octanol–water partition coefficient (Wildman–Crippen LogP) is 0.983. The lowest BCUT2D eigenvalue weighted by Crippen LogP contribution is -2.30. The van der Waals surface area contributed by atoms with Crippen LogP contribution in [-0.2, 0) is 17.9 Å². The van der Waals surface area contributed by atoms with Crippen LogP contribution in [0.5, 0.6) is 5.75 Å². The Morgan fingerprint density at radius 3 is 2.88 bits per heavy atom. The lowest BCUT2D eigenvalue weighted by Gasteiger charge is -2.14. The number of halogens is 1. The van der Waals surface area contributed by atoms with E-state index >= 15 is 0 Å². The molecule has 24 heavy (non-hydrogen) atoms. The number of nitrogens with zero attached hydrogens (tertiary/aromatic N) is 1. The second-order valence-electron chi connectivity index (χ2n) is 5.21. The monoisotopic (exact) mass is 334 g/mol. The maximum atomic E-state index is 13.1. The minimum Gasteiger partial charge on any atom is -0.478 e. The zero-order valence-electron chi connectivity index (χ0n) is 13.3. The molecule has 7 heteroatoms. The van der Waals surface area contributed by atoms with E-state index < -0.39 is 5.91 Å². The molecule has 1 aromatic carbocycles. The van der Waals surface area contributed by atoms with Crippen LogP contribution < -0.4 is 15.5 Å². The Bertz CT molecular complexity index is 773. The first-order chi connectivity index (χ1) is 11.5. The number of hydrogen-bond donors (Lipinski definition) is 2. The van der Waals surface area contributed by atoms with Crippen molar-refractivity contribution in [1.29, 1.82) is 0 Å². The summed E-state index contributed by atoms with van der Waals surface area (Å²) in [5, 5.41) is 11.6. The molecular formula is C17H19FN2O4. The summed E-state index contributed by atoms with van der Waals surface area (Å²) < 4.78 is 20.1. The van der Waals surface area contributed by atoms with Gasteiger partial charge in [-0.25, -0.2) is 4.39 Å². The quantitative estimate of drug-likeness (QED) is 0.791. The van der Waals surface area contributed by atoms with E-state index in [0.717, 1.165) is 0 Å². The van der Waals surface area contributed by atoms with Gasteiger partial charge in [0.2, 0.25) is 5.43 Å². The molecule has 1 heterocycles. The molecule has 0 fully saturated rings. The van der Waals surface area contributed by atoms with Crippen LogP contribution in [0.25, 0.3) is 0 Å². The number of benzene rings is 1. The highest BCUT2D eigenvalue weighted by molar-refractivity contribution is 5.77. The number of pyridine rings is 1. The maximum absolute atomic E-state index is 13.1. The number of aromatic nitrogens is 1. The highest BCUT2D eigenvalue weighted by atomic mass is 19.1. The molecule has 0 aliphatic carbocycles. The van der Waals surface area contributed by atoms with Crippen LogP contribution in [0.2, 0.25) is 0 Å². The largest absolute Gasteiger partial charge is 0.478 e. The Morgan fingerprint density at radius 1 is 1.38 bits per heavy atom. The summed E-state index contributed by atoms with van der Waals surface area (Å²) >= 11 is 0. The highest BCUT2D eigenvalue weighted by Gasteiger charge is 2.11. The summed E-state index contributed by atoms with van der Waals surface area (Å²) in [4.78, 5) is 23.7.